The molecular formula is C11H23FO2. The predicted molar refractivity (Wildman–Crippen MR) is 56.2 cm³/mol. The van der Waals surface area contributed by atoms with Gasteiger partial charge in [0.1, 0.15) is 6.17 Å². The summed E-state index contributed by atoms with van der Waals surface area (Å²) in [6.45, 7) is 3.43. The lowest BCUT2D eigenvalue weighted by molar-refractivity contribution is 0.125. The highest BCUT2D eigenvalue weighted by molar-refractivity contribution is 4.53. The third-order valence-corrected chi connectivity index (χ3v) is 2.15. The van der Waals surface area contributed by atoms with E-state index in [0.29, 0.717) is 6.42 Å². The molecule has 1 unspecified atom stereocenters. The molecule has 14 heavy (non-hydrogen) atoms. The molecule has 0 aliphatic heterocycles. The SMILES string of the molecule is CCCCOCCCCCC(F)CO. The van der Waals surface area contributed by atoms with Crippen molar-refractivity contribution in [2.24, 2.45) is 0 Å². The third kappa shape index (κ3) is 9.93. The fourth-order valence-electron chi connectivity index (χ4n) is 1.19. The van der Waals surface area contributed by atoms with E-state index in [0.717, 1.165) is 38.9 Å². The predicted octanol–water partition coefficient (Wildman–Crippen LogP) is 2.69. The van der Waals surface area contributed by atoms with Gasteiger partial charge in [0, 0.05) is 13.2 Å². The minimum atomic E-state index is -1.03. The van der Waals surface area contributed by atoms with Crippen molar-refractivity contribution in [3.8, 4) is 0 Å². The van der Waals surface area contributed by atoms with Crippen molar-refractivity contribution in [1.82, 2.24) is 0 Å². The maximum Gasteiger partial charge on any atom is 0.123 e. The Morgan fingerprint density at radius 3 is 2.50 bits per heavy atom. The van der Waals surface area contributed by atoms with Gasteiger partial charge in [-0.05, 0) is 19.3 Å². The van der Waals surface area contributed by atoms with Crippen molar-refractivity contribution in [3.63, 3.8) is 0 Å². The zero-order chi connectivity index (χ0) is 10.6. The van der Waals surface area contributed by atoms with Gasteiger partial charge in [-0.2, -0.15) is 0 Å². The van der Waals surface area contributed by atoms with Gasteiger partial charge in [0.2, 0.25) is 0 Å². The van der Waals surface area contributed by atoms with E-state index in [-0.39, 0.29) is 6.61 Å². The molecule has 0 fully saturated rings. The minimum absolute atomic E-state index is 0.340. The van der Waals surface area contributed by atoms with Gasteiger partial charge in [-0.3, -0.25) is 0 Å². The van der Waals surface area contributed by atoms with E-state index in [2.05, 4.69) is 6.92 Å². The summed E-state index contributed by atoms with van der Waals surface area (Å²) in [5, 5.41) is 8.43. The second-order valence-corrected chi connectivity index (χ2v) is 3.60. The second kappa shape index (κ2) is 10.9. The molecule has 2 nitrogen and oxygen atoms in total. The number of ether oxygens (including phenoxy) is 1. The van der Waals surface area contributed by atoms with Crippen LogP contribution in [-0.4, -0.2) is 31.1 Å². The van der Waals surface area contributed by atoms with E-state index in [1.165, 1.54) is 6.42 Å². The van der Waals surface area contributed by atoms with Crippen LogP contribution in [0.25, 0.3) is 0 Å². The highest BCUT2D eigenvalue weighted by atomic mass is 19.1. The molecule has 1 atom stereocenters. The van der Waals surface area contributed by atoms with Gasteiger partial charge in [0.25, 0.3) is 0 Å². The Morgan fingerprint density at radius 2 is 1.86 bits per heavy atom. The number of aliphatic hydroxyl groups excluding tert-OH is 1. The van der Waals surface area contributed by atoms with Crippen molar-refractivity contribution in [2.75, 3.05) is 19.8 Å². The Morgan fingerprint density at radius 1 is 1.14 bits per heavy atom. The maximum absolute atomic E-state index is 12.5. The normalized spacial score (nSPS) is 13.1. The third-order valence-electron chi connectivity index (χ3n) is 2.15. The highest BCUT2D eigenvalue weighted by Gasteiger charge is 2.02. The molecule has 0 saturated carbocycles. The molecule has 0 aromatic heterocycles. The number of alkyl halides is 1. The average Bonchev–Trinajstić information content (AvgIpc) is 2.21. The molecule has 86 valence electrons. The van der Waals surface area contributed by atoms with Gasteiger partial charge in [0.15, 0.2) is 0 Å². The standard InChI is InChI=1S/C11H23FO2/c1-2-3-8-14-9-6-4-5-7-11(12)10-13/h11,13H,2-10H2,1H3. The summed E-state index contributed by atoms with van der Waals surface area (Å²) in [6, 6.07) is 0. The Balaban J connectivity index is 2.92. The molecule has 0 heterocycles. The quantitative estimate of drug-likeness (QED) is 0.557. The Labute approximate surface area is 86.5 Å². The molecule has 0 rings (SSSR count). The molecule has 0 spiro atoms. The zero-order valence-electron chi connectivity index (χ0n) is 9.17. The van der Waals surface area contributed by atoms with Crippen LogP contribution in [0.2, 0.25) is 0 Å². The largest absolute Gasteiger partial charge is 0.393 e. The lowest BCUT2D eigenvalue weighted by atomic mass is 10.1. The van der Waals surface area contributed by atoms with Gasteiger partial charge >= 0.3 is 0 Å². The number of rotatable bonds is 10. The molecule has 0 amide bonds. The lowest BCUT2D eigenvalue weighted by Crippen LogP contribution is -2.05. The van der Waals surface area contributed by atoms with Crippen LogP contribution in [0.1, 0.15) is 45.4 Å². The van der Waals surface area contributed by atoms with E-state index in [1.807, 2.05) is 0 Å². The molecule has 0 aromatic rings. The summed E-state index contributed by atoms with van der Waals surface area (Å²) in [7, 11) is 0. The van der Waals surface area contributed by atoms with Crippen molar-refractivity contribution in [3.05, 3.63) is 0 Å². The van der Waals surface area contributed by atoms with Crippen molar-refractivity contribution >= 4 is 0 Å². The zero-order valence-corrected chi connectivity index (χ0v) is 9.17. The molecule has 0 bridgehead atoms. The van der Waals surface area contributed by atoms with E-state index in [1.54, 1.807) is 0 Å². The van der Waals surface area contributed by atoms with Gasteiger partial charge < -0.3 is 9.84 Å². The highest BCUT2D eigenvalue weighted by Crippen LogP contribution is 2.06. The molecule has 3 heteroatoms. The van der Waals surface area contributed by atoms with Gasteiger partial charge in [-0.1, -0.05) is 26.2 Å². The van der Waals surface area contributed by atoms with Crippen LogP contribution in [0, 0.1) is 0 Å². The van der Waals surface area contributed by atoms with Crippen LogP contribution in [0.3, 0.4) is 0 Å². The smallest absolute Gasteiger partial charge is 0.123 e. The first-order valence-corrected chi connectivity index (χ1v) is 5.64. The van der Waals surface area contributed by atoms with Crippen LogP contribution in [0.15, 0.2) is 0 Å². The number of hydrogen-bond donors (Lipinski definition) is 1. The van der Waals surface area contributed by atoms with E-state index >= 15 is 0 Å². The fraction of sp³-hybridized carbons (Fsp3) is 1.00. The Hall–Kier alpha value is -0.150. The summed E-state index contributed by atoms with van der Waals surface area (Å²) in [6.07, 6.45) is 4.58. The Kier molecular flexibility index (Phi) is 10.8. The van der Waals surface area contributed by atoms with Crippen molar-refractivity contribution in [2.45, 2.75) is 51.6 Å². The van der Waals surface area contributed by atoms with Crippen molar-refractivity contribution < 1.29 is 14.2 Å². The fourth-order valence-corrected chi connectivity index (χ4v) is 1.19. The summed E-state index contributed by atoms with van der Waals surface area (Å²) in [5.41, 5.74) is 0. The molecule has 1 N–H and O–H groups in total. The molecule has 0 aliphatic carbocycles. The first-order chi connectivity index (χ1) is 6.81. The number of hydrogen-bond acceptors (Lipinski definition) is 2. The molecule has 0 saturated heterocycles. The van der Waals surface area contributed by atoms with Gasteiger partial charge in [-0.15, -0.1) is 0 Å². The van der Waals surface area contributed by atoms with Crippen LogP contribution >= 0.6 is 0 Å². The molecular weight excluding hydrogens is 183 g/mol. The van der Waals surface area contributed by atoms with E-state index < -0.39 is 6.17 Å². The van der Waals surface area contributed by atoms with Gasteiger partial charge in [-0.25, -0.2) is 4.39 Å². The van der Waals surface area contributed by atoms with Crippen LogP contribution < -0.4 is 0 Å². The number of halogens is 1. The topological polar surface area (TPSA) is 29.5 Å². The first-order valence-electron chi connectivity index (χ1n) is 5.64. The lowest BCUT2D eigenvalue weighted by Gasteiger charge is -2.05. The molecule has 0 radical (unpaired) electrons. The second-order valence-electron chi connectivity index (χ2n) is 3.60. The Bertz CT molecular complexity index is 109. The average molecular weight is 206 g/mol. The molecule has 0 aromatic carbocycles. The minimum Gasteiger partial charge on any atom is -0.393 e. The van der Waals surface area contributed by atoms with Crippen LogP contribution in [0.5, 0.6) is 0 Å². The summed E-state index contributed by atoms with van der Waals surface area (Å²) < 4.78 is 17.9. The van der Waals surface area contributed by atoms with Crippen LogP contribution in [-0.2, 0) is 4.74 Å². The summed E-state index contributed by atoms with van der Waals surface area (Å²) >= 11 is 0. The van der Waals surface area contributed by atoms with E-state index in [4.69, 9.17) is 9.84 Å². The number of aliphatic hydroxyl groups is 1. The first kappa shape index (κ1) is 13.8. The summed E-state index contributed by atoms with van der Waals surface area (Å²) in [4.78, 5) is 0. The molecule has 0 aliphatic rings. The number of unbranched alkanes of at least 4 members (excludes halogenated alkanes) is 3. The summed E-state index contributed by atoms with van der Waals surface area (Å²) in [5.74, 6) is 0. The van der Waals surface area contributed by atoms with Crippen molar-refractivity contribution in [1.29, 1.82) is 0 Å². The maximum atomic E-state index is 12.5. The van der Waals surface area contributed by atoms with E-state index in [9.17, 15) is 4.39 Å². The van der Waals surface area contributed by atoms with Gasteiger partial charge in [0.05, 0.1) is 6.61 Å². The van der Waals surface area contributed by atoms with Crippen LogP contribution in [0.4, 0.5) is 4.39 Å². The monoisotopic (exact) mass is 206 g/mol.